The van der Waals surface area contributed by atoms with Crippen molar-refractivity contribution in [2.75, 3.05) is 26.3 Å². The third kappa shape index (κ3) is 2.96. The first-order valence-electron chi connectivity index (χ1n) is 6.49. The van der Waals surface area contributed by atoms with Crippen LogP contribution in [0, 0.1) is 0 Å². The van der Waals surface area contributed by atoms with Gasteiger partial charge in [0.1, 0.15) is 13.2 Å². The highest BCUT2D eigenvalue weighted by Crippen LogP contribution is 2.33. The third-order valence-corrected chi connectivity index (χ3v) is 4.87. The molecule has 110 valence electrons. The highest BCUT2D eigenvalue weighted by molar-refractivity contribution is 7.89. The Morgan fingerprint density at radius 1 is 1.30 bits per heavy atom. The summed E-state index contributed by atoms with van der Waals surface area (Å²) in [6.07, 6.45) is 0. The lowest BCUT2D eigenvalue weighted by Crippen LogP contribution is -2.32. The van der Waals surface area contributed by atoms with Gasteiger partial charge in [0.25, 0.3) is 0 Å². The standard InChI is InChI=1S/C14H19NO4S/c1-4-15(10-11(2)3)20(16,17)12-5-6-13-14(9-12)19-8-7-18-13/h5-6,9H,2,4,7-8,10H2,1,3H3. The van der Waals surface area contributed by atoms with Crippen molar-refractivity contribution in [3.05, 3.63) is 30.4 Å². The van der Waals surface area contributed by atoms with E-state index in [9.17, 15) is 8.42 Å². The number of likely N-dealkylation sites (N-methyl/N-ethyl adjacent to an activating group) is 1. The van der Waals surface area contributed by atoms with E-state index >= 15 is 0 Å². The summed E-state index contributed by atoms with van der Waals surface area (Å²) >= 11 is 0. The zero-order valence-corrected chi connectivity index (χ0v) is 12.6. The highest BCUT2D eigenvalue weighted by Gasteiger charge is 2.25. The quantitative estimate of drug-likeness (QED) is 0.781. The first-order valence-corrected chi connectivity index (χ1v) is 7.93. The molecule has 0 radical (unpaired) electrons. The molecule has 0 atom stereocenters. The van der Waals surface area contributed by atoms with E-state index in [2.05, 4.69) is 6.58 Å². The van der Waals surface area contributed by atoms with Crippen LogP contribution >= 0.6 is 0 Å². The molecule has 0 spiro atoms. The summed E-state index contributed by atoms with van der Waals surface area (Å²) in [6, 6.07) is 4.70. The molecule has 2 rings (SSSR count). The van der Waals surface area contributed by atoms with E-state index < -0.39 is 10.0 Å². The zero-order chi connectivity index (χ0) is 14.8. The van der Waals surface area contributed by atoms with Crippen LogP contribution in [0.5, 0.6) is 11.5 Å². The fourth-order valence-electron chi connectivity index (χ4n) is 2.00. The van der Waals surface area contributed by atoms with Gasteiger partial charge in [0, 0.05) is 19.2 Å². The molecule has 0 bridgehead atoms. The molecule has 0 N–H and O–H groups in total. The molecule has 1 aromatic rings. The van der Waals surface area contributed by atoms with Crippen molar-refractivity contribution in [1.82, 2.24) is 4.31 Å². The molecule has 0 unspecified atom stereocenters. The first-order chi connectivity index (χ1) is 9.45. The van der Waals surface area contributed by atoms with Gasteiger partial charge in [-0.1, -0.05) is 19.1 Å². The fourth-order valence-corrected chi connectivity index (χ4v) is 3.53. The molecule has 0 aliphatic carbocycles. The van der Waals surface area contributed by atoms with Gasteiger partial charge in [-0.25, -0.2) is 8.42 Å². The molecule has 1 aliphatic rings. The topological polar surface area (TPSA) is 55.8 Å². The number of sulfonamides is 1. The summed E-state index contributed by atoms with van der Waals surface area (Å²) < 4.78 is 37.4. The first kappa shape index (κ1) is 14.9. The monoisotopic (exact) mass is 297 g/mol. The van der Waals surface area contributed by atoms with Gasteiger partial charge in [0.2, 0.25) is 10.0 Å². The van der Waals surface area contributed by atoms with Crippen molar-refractivity contribution in [3.63, 3.8) is 0 Å². The van der Waals surface area contributed by atoms with E-state index in [0.29, 0.717) is 37.8 Å². The van der Waals surface area contributed by atoms with Crippen LogP contribution in [0.4, 0.5) is 0 Å². The fraction of sp³-hybridized carbons (Fsp3) is 0.429. The Balaban J connectivity index is 2.35. The van der Waals surface area contributed by atoms with Crippen LogP contribution < -0.4 is 9.47 Å². The summed E-state index contributed by atoms with van der Waals surface area (Å²) in [5.41, 5.74) is 0.799. The van der Waals surface area contributed by atoms with Crippen molar-refractivity contribution in [3.8, 4) is 11.5 Å². The van der Waals surface area contributed by atoms with E-state index in [1.807, 2.05) is 6.92 Å². The summed E-state index contributed by atoms with van der Waals surface area (Å²) in [4.78, 5) is 0.213. The molecule has 1 heterocycles. The normalized spacial score (nSPS) is 14.3. The Kier molecular flexibility index (Phi) is 4.35. The van der Waals surface area contributed by atoms with E-state index in [4.69, 9.17) is 9.47 Å². The second-order valence-corrected chi connectivity index (χ2v) is 6.63. The maximum atomic E-state index is 12.6. The van der Waals surface area contributed by atoms with E-state index in [0.717, 1.165) is 5.57 Å². The smallest absolute Gasteiger partial charge is 0.243 e. The van der Waals surface area contributed by atoms with E-state index in [-0.39, 0.29) is 4.90 Å². The molecular weight excluding hydrogens is 278 g/mol. The van der Waals surface area contributed by atoms with Gasteiger partial charge in [-0.3, -0.25) is 0 Å². The summed E-state index contributed by atoms with van der Waals surface area (Å²) in [7, 11) is -3.54. The average molecular weight is 297 g/mol. The number of rotatable bonds is 5. The van der Waals surface area contributed by atoms with E-state index in [1.165, 1.54) is 10.4 Å². The van der Waals surface area contributed by atoms with Crippen LogP contribution in [0.2, 0.25) is 0 Å². The van der Waals surface area contributed by atoms with Gasteiger partial charge in [0.05, 0.1) is 4.90 Å². The molecule has 6 heteroatoms. The van der Waals surface area contributed by atoms with Gasteiger partial charge in [-0.05, 0) is 19.1 Å². The minimum atomic E-state index is -3.54. The van der Waals surface area contributed by atoms with Crippen molar-refractivity contribution >= 4 is 10.0 Å². The lowest BCUT2D eigenvalue weighted by Gasteiger charge is -2.23. The second-order valence-electron chi connectivity index (χ2n) is 4.69. The van der Waals surface area contributed by atoms with Crippen LogP contribution in [0.15, 0.2) is 35.2 Å². The van der Waals surface area contributed by atoms with Crippen molar-refractivity contribution in [2.45, 2.75) is 18.7 Å². The maximum Gasteiger partial charge on any atom is 0.243 e. The lowest BCUT2D eigenvalue weighted by atomic mass is 10.3. The predicted octanol–water partition coefficient (Wildman–Crippen LogP) is 2.04. The molecule has 0 fully saturated rings. The van der Waals surface area contributed by atoms with Crippen LogP contribution in [-0.4, -0.2) is 39.0 Å². The van der Waals surface area contributed by atoms with Gasteiger partial charge in [-0.2, -0.15) is 4.31 Å². The Morgan fingerprint density at radius 2 is 1.95 bits per heavy atom. The molecule has 0 amide bonds. The number of nitrogens with zero attached hydrogens (tertiary/aromatic N) is 1. The van der Waals surface area contributed by atoms with Crippen molar-refractivity contribution in [2.24, 2.45) is 0 Å². The van der Waals surface area contributed by atoms with Gasteiger partial charge >= 0.3 is 0 Å². The minimum absolute atomic E-state index is 0.213. The molecule has 0 saturated heterocycles. The molecule has 1 aromatic carbocycles. The Morgan fingerprint density at radius 3 is 2.55 bits per heavy atom. The number of ether oxygens (including phenoxy) is 2. The van der Waals surface area contributed by atoms with Crippen LogP contribution in [0.3, 0.4) is 0 Å². The van der Waals surface area contributed by atoms with Gasteiger partial charge in [0.15, 0.2) is 11.5 Å². The highest BCUT2D eigenvalue weighted by atomic mass is 32.2. The molecule has 1 aliphatic heterocycles. The number of benzene rings is 1. The van der Waals surface area contributed by atoms with Crippen molar-refractivity contribution in [1.29, 1.82) is 0 Å². The number of hydrogen-bond donors (Lipinski definition) is 0. The van der Waals surface area contributed by atoms with Gasteiger partial charge < -0.3 is 9.47 Å². The zero-order valence-electron chi connectivity index (χ0n) is 11.8. The Bertz CT molecular complexity index is 610. The summed E-state index contributed by atoms with van der Waals surface area (Å²) in [5, 5.41) is 0. The summed E-state index contributed by atoms with van der Waals surface area (Å²) in [5.74, 6) is 1.06. The van der Waals surface area contributed by atoms with Gasteiger partial charge in [-0.15, -0.1) is 0 Å². The summed E-state index contributed by atoms with van der Waals surface area (Å²) in [6.45, 7) is 9.00. The van der Waals surface area contributed by atoms with Crippen molar-refractivity contribution < 1.29 is 17.9 Å². The predicted molar refractivity (Wildman–Crippen MR) is 76.7 cm³/mol. The average Bonchev–Trinajstić information content (AvgIpc) is 2.43. The molecule has 0 saturated carbocycles. The molecule has 0 aromatic heterocycles. The van der Waals surface area contributed by atoms with E-state index in [1.54, 1.807) is 19.1 Å². The Hall–Kier alpha value is -1.53. The largest absolute Gasteiger partial charge is 0.486 e. The van der Waals surface area contributed by atoms with Crippen LogP contribution in [-0.2, 0) is 10.0 Å². The second kappa shape index (κ2) is 5.85. The van der Waals surface area contributed by atoms with Crippen LogP contribution in [0.1, 0.15) is 13.8 Å². The minimum Gasteiger partial charge on any atom is -0.486 e. The number of hydrogen-bond acceptors (Lipinski definition) is 4. The Labute approximate surface area is 119 Å². The molecule has 20 heavy (non-hydrogen) atoms. The number of fused-ring (bicyclic) bond motifs is 1. The maximum absolute atomic E-state index is 12.6. The molecule has 5 nitrogen and oxygen atoms in total. The SMILES string of the molecule is C=C(C)CN(CC)S(=O)(=O)c1ccc2c(c1)OCCO2. The third-order valence-electron chi connectivity index (χ3n) is 2.95. The van der Waals surface area contributed by atoms with Crippen LogP contribution in [0.25, 0.3) is 0 Å². The molecular formula is C14H19NO4S. The lowest BCUT2D eigenvalue weighted by molar-refractivity contribution is 0.171.